The fourth-order valence-electron chi connectivity index (χ4n) is 3.39. The van der Waals surface area contributed by atoms with Crippen LogP contribution in [0.3, 0.4) is 0 Å². The molecule has 0 saturated carbocycles. The summed E-state index contributed by atoms with van der Waals surface area (Å²) in [5, 5.41) is 7.17. The first-order valence-electron chi connectivity index (χ1n) is 8.54. The first kappa shape index (κ1) is 19.2. The molecule has 1 aromatic heterocycles. The summed E-state index contributed by atoms with van der Waals surface area (Å²) in [5.74, 6) is 1.00. The first-order valence-corrected chi connectivity index (χ1v) is 9.48. The molecule has 0 aliphatic carbocycles. The molecule has 2 amide bonds. The molecule has 0 spiro atoms. The molecule has 0 bridgehead atoms. The van der Waals surface area contributed by atoms with Crippen molar-refractivity contribution in [2.24, 2.45) is 5.92 Å². The number of halogens is 1. The van der Waals surface area contributed by atoms with Gasteiger partial charge >= 0.3 is 0 Å². The van der Waals surface area contributed by atoms with Gasteiger partial charge in [0.15, 0.2) is 0 Å². The predicted octanol–water partition coefficient (Wildman–Crippen LogP) is 2.23. The number of nitrogens with one attached hydrogen (secondary N) is 1. The molecule has 1 aromatic rings. The molecule has 134 valence electrons. The van der Waals surface area contributed by atoms with Crippen LogP contribution in [0, 0.1) is 5.92 Å². The van der Waals surface area contributed by atoms with Crippen molar-refractivity contribution in [1.82, 2.24) is 15.1 Å². The van der Waals surface area contributed by atoms with Gasteiger partial charge in [0, 0.05) is 38.0 Å². The van der Waals surface area contributed by atoms with E-state index in [1.54, 1.807) is 11.3 Å². The Balaban J connectivity index is 0.00000208. The number of amides is 2. The maximum Gasteiger partial charge on any atom is 0.254 e. The normalized spacial score (nSPS) is 21.2. The zero-order valence-electron chi connectivity index (χ0n) is 13.9. The Hall–Kier alpha value is -1.11. The molecule has 2 saturated heterocycles. The molecule has 0 aromatic carbocycles. The lowest BCUT2D eigenvalue weighted by Gasteiger charge is -2.22. The Morgan fingerprint density at radius 2 is 2.00 bits per heavy atom. The lowest BCUT2D eigenvalue weighted by molar-refractivity contribution is -0.131. The zero-order valence-corrected chi connectivity index (χ0v) is 15.5. The van der Waals surface area contributed by atoms with Crippen LogP contribution < -0.4 is 5.32 Å². The van der Waals surface area contributed by atoms with E-state index < -0.39 is 0 Å². The highest BCUT2D eigenvalue weighted by molar-refractivity contribution is 7.08. The lowest BCUT2D eigenvalue weighted by atomic mass is 10.0. The van der Waals surface area contributed by atoms with Crippen LogP contribution in [0.15, 0.2) is 16.8 Å². The quantitative estimate of drug-likeness (QED) is 0.883. The largest absolute Gasteiger partial charge is 0.341 e. The Morgan fingerprint density at radius 1 is 1.21 bits per heavy atom. The average molecular weight is 372 g/mol. The van der Waals surface area contributed by atoms with E-state index in [0.717, 1.165) is 44.6 Å². The van der Waals surface area contributed by atoms with Crippen LogP contribution in [0.1, 0.15) is 36.0 Å². The standard InChI is InChI=1S/C17H25N3O2S.ClH/c21-16(3-2-14-4-6-18-12-14)19-7-1-8-20(10-9-19)17(22)15-5-11-23-13-15;/h5,11,13-14,18H,1-4,6-10,12H2;1H. The molecule has 5 nitrogen and oxygen atoms in total. The van der Waals surface area contributed by atoms with Gasteiger partial charge in [-0.25, -0.2) is 0 Å². The van der Waals surface area contributed by atoms with E-state index in [0.29, 0.717) is 25.4 Å². The Bertz CT molecular complexity index is 532. The van der Waals surface area contributed by atoms with Gasteiger partial charge in [-0.2, -0.15) is 11.3 Å². The van der Waals surface area contributed by atoms with Crippen LogP contribution in [0.2, 0.25) is 0 Å². The van der Waals surface area contributed by atoms with Gasteiger partial charge in [0.1, 0.15) is 0 Å². The van der Waals surface area contributed by atoms with Crippen molar-refractivity contribution in [3.05, 3.63) is 22.4 Å². The number of hydrogen-bond donors (Lipinski definition) is 1. The van der Waals surface area contributed by atoms with E-state index >= 15 is 0 Å². The minimum absolute atomic E-state index is 0. The van der Waals surface area contributed by atoms with E-state index in [4.69, 9.17) is 0 Å². The predicted molar refractivity (Wildman–Crippen MR) is 98.9 cm³/mol. The molecule has 0 radical (unpaired) electrons. The third kappa shape index (κ3) is 4.94. The van der Waals surface area contributed by atoms with Crippen LogP contribution in [0.5, 0.6) is 0 Å². The fourth-order valence-corrected chi connectivity index (χ4v) is 4.01. The van der Waals surface area contributed by atoms with Crippen LogP contribution >= 0.6 is 23.7 Å². The van der Waals surface area contributed by atoms with Gasteiger partial charge in [-0.15, -0.1) is 12.4 Å². The van der Waals surface area contributed by atoms with Crippen molar-refractivity contribution in [3.8, 4) is 0 Å². The summed E-state index contributed by atoms with van der Waals surface area (Å²) in [5.41, 5.74) is 0.767. The van der Waals surface area contributed by atoms with Crippen LogP contribution in [0.4, 0.5) is 0 Å². The summed E-state index contributed by atoms with van der Waals surface area (Å²) in [6, 6.07) is 1.87. The lowest BCUT2D eigenvalue weighted by Crippen LogP contribution is -2.37. The highest BCUT2D eigenvalue weighted by Crippen LogP contribution is 2.17. The minimum Gasteiger partial charge on any atom is -0.341 e. The number of carbonyl (C=O) groups is 2. The first-order chi connectivity index (χ1) is 11.2. The van der Waals surface area contributed by atoms with E-state index in [1.165, 1.54) is 6.42 Å². The van der Waals surface area contributed by atoms with Gasteiger partial charge in [-0.3, -0.25) is 9.59 Å². The summed E-state index contributed by atoms with van der Waals surface area (Å²) in [4.78, 5) is 28.7. The van der Waals surface area contributed by atoms with Crippen molar-refractivity contribution >= 4 is 35.6 Å². The zero-order chi connectivity index (χ0) is 16.1. The molecular weight excluding hydrogens is 346 g/mol. The van der Waals surface area contributed by atoms with E-state index in [1.807, 2.05) is 26.6 Å². The van der Waals surface area contributed by atoms with E-state index in [2.05, 4.69) is 5.32 Å². The second kappa shape index (κ2) is 9.39. The minimum atomic E-state index is 0. The van der Waals surface area contributed by atoms with Gasteiger partial charge in [-0.1, -0.05) is 0 Å². The molecule has 24 heavy (non-hydrogen) atoms. The van der Waals surface area contributed by atoms with E-state index in [9.17, 15) is 9.59 Å². The number of hydrogen-bond acceptors (Lipinski definition) is 4. The summed E-state index contributed by atoms with van der Waals surface area (Å²) >= 11 is 1.54. The number of nitrogens with zero attached hydrogens (tertiary/aromatic N) is 2. The molecule has 2 aliphatic heterocycles. The summed E-state index contributed by atoms with van der Waals surface area (Å²) in [6.45, 7) is 4.96. The second-order valence-electron chi connectivity index (χ2n) is 6.44. The molecule has 3 rings (SSSR count). The number of thiophene rings is 1. The van der Waals surface area contributed by atoms with Crippen LogP contribution in [-0.4, -0.2) is 60.9 Å². The fraction of sp³-hybridized carbons (Fsp3) is 0.647. The molecule has 3 heterocycles. The Morgan fingerprint density at radius 3 is 2.71 bits per heavy atom. The molecule has 2 aliphatic rings. The molecule has 1 N–H and O–H groups in total. The summed E-state index contributed by atoms with van der Waals surface area (Å²) < 4.78 is 0. The smallest absolute Gasteiger partial charge is 0.254 e. The maximum absolute atomic E-state index is 12.4. The van der Waals surface area contributed by atoms with Crippen molar-refractivity contribution in [1.29, 1.82) is 0 Å². The molecule has 1 atom stereocenters. The highest BCUT2D eigenvalue weighted by Gasteiger charge is 2.24. The second-order valence-corrected chi connectivity index (χ2v) is 7.22. The van der Waals surface area contributed by atoms with Crippen LogP contribution in [0.25, 0.3) is 0 Å². The Kier molecular flexibility index (Phi) is 7.52. The molecular formula is C17H26ClN3O2S. The van der Waals surface area contributed by atoms with Crippen LogP contribution in [-0.2, 0) is 4.79 Å². The molecule has 7 heteroatoms. The Labute approximate surface area is 153 Å². The average Bonchev–Trinajstić information content (AvgIpc) is 3.22. The topological polar surface area (TPSA) is 52.7 Å². The molecule has 2 fully saturated rings. The number of carbonyl (C=O) groups excluding carboxylic acids is 2. The van der Waals surface area contributed by atoms with Crippen molar-refractivity contribution < 1.29 is 9.59 Å². The monoisotopic (exact) mass is 371 g/mol. The number of rotatable bonds is 4. The molecule has 1 unspecified atom stereocenters. The van der Waals surface area contributed by atoms with Crippen molar-refractivity contribution in [3.63, 3.8) is 0 Å². The maximum atomic E-state index is 12.4. The van der Waals surface area contributed by atoms with Crippen molar-refractivity contribution in [2.75, 3.05) is 39.3 Å². The van der Waals surface area contributed by atoms with Gasteiger partial charge < -0.3 is 15.1 Å². The van der Waals surface area contributed by atoms with Gasteiger partial charge in [0.05, 0.1) is 5.56 Å². The highest BCUT2D eigenvalue weighted by atomic mass is 35.5. The third-order valence-corrected chi connectivity index (χ3v) is 5.52. The van der Waals surface area contributed by atoms with Gasteiger partial charge in [-0.05, 0) is 49.7 Å². The summed E-state index contributed by atoms with van der Waals surface area (Å²) in [6.07, 6.45) is 3.69. The third-order valence-electron chi connectivity index (χ3n) is 4.83. The van der Waals surface area contributed by atoms with Crippen molar-refractivity contribution in [2.45, 2.75) is 25.7 Å². The summed E-state index contributed by atoms with van der Waals surface area (Å²) in [7, 11) is 0. The SMILES string of the molecule is Cl.O=C(CCC1CCNC1)N1CCCN(C(=O)c2ccsc2)CC1. The van der Waals surface area contributed by atoms with Gasteiger partial charge in [0.25, 0.3) is 5.91 Å². The van der Waals surface area contributed by atoms with Gasteiger partial charge in [0.2, 0.25) is 5.91 Å². The van der Waals surface area contributed by atoms with E-state index in [-0.39, 0.29) is 24.2 Å².